The van der Waals surface area contributed by atoms with Crippen LogP contribution in [-0.4, -0.2) is 56.6 Å². The Balaban J connectivity index is 3.43. The molecule has 0 aromatic carbocycles. The normalized spacial score (nSPS) is 13.7. The summed E-state index contributed by atoms with van der Waals surface area (Å²) in [5.74, 6) is -1.07. The van der Waals surface area contributed by atoms with Crippen LogP contribution in [0.3, 0.4) is 0 Å². The highest BCUT2D eigenvalue weighted by atomic mass is 32.2. The highest BCUT2D eigenvalue weighted by molar-refractivity contribution is 7.88. The number of hydrogen-bond donors (Lipinski definition) is 4. The summed E-state index contributed by atoms with van der Waals surface area (Å²) in [4.78, 5) is 10.2. The van der Waals surface area contributed by atoms with Gasteiger partial charge in [0.15, 0.2) is 0 Å². The molecule has 0 aliphatic rings. The molecule has 0 saturated heterocycles. The van der Waals surface area contributed by atoms with Gasteiger partial charge in [0.1, 0.15) is 0 Å². The Morgan fingerprint density at radius 1 is 1.40 bits per heavy atom. The maximum atomic E-state index is 10.6. The van der Waals surface area contributed by atoms with Crippen LogP contribution in [0.5, 0.6) is 0 Å². The number of carbonyl (C=O) groups is 1. The quantitative estimate of drug-likeness (QED) is 0.363. The molecule has 0 bridgehead atoms. The van der Waals surface area contributed by atoms with Gasteiger partial charge in [0.2, 0.25) is 10.0 Å². The van der Waals surface area contributed by atoms with E-state index in [-0.39, 0.29) is 19.5 Å². The van der Waals surface area contributed by atoms with Crippen LogP contribution in [0.15, 0.2) is 0 Å². The molecule has 0 rings (SSSR count). The number of nitrogens with one attached hydrogen (secondary N) is 2. The van der Waals surface area contributed by atoms with Crippen molar-refractivity contribution in [2.75, 3.05) is 25.9 Å². The molecule has 0 spiro atoms. The van der Waals surface area contributed by atoms with Gasteiger partial charge in [0.05, 0.1) is 18.8 Å². The van der Waals surface area contributed by atoms with Gasteiger partial charge in [-0.05, 0) is 0 Å². The summed E-state index contributed by atoms with van der Waals surface area (Å²) < 4.78 is 23.5. The molecule has 0 fully saturated rings. The van der Waals surface area contributed by atoms with Gasteiger partial charge in [-0.25, -0.2) is 13.1 Å². The largest absolute Gasteiger partial charge is 0.481 e. The molecule has 15 heavy (non-hydrogen) atoms. The topological polar surface area (TPSA) is 116 Å². The first-order chi connectivity index (χ1) is 6.81. The minimum absolute atomic E-state index is 0.123. The fourth-order valence-electron chi connectivity index (χ4n) is 0.867. The molecular formula is C7H16N2O5S. The van der Waals surface area contributed by atoms with E-state index in [0.29, 0.717) is 6.54 Å². The van der Waals surface area contributed by atoms with E-state index >= 15 is 0 Å². The van der Waals surface area contributed by atoms with Crippen LogP contribution in [0, 0.1) is 0 Å². The molecule has 0 radical (unpaired) electrons. The summed E-state index contributed by atoms with van der Waals surface area (Å²) in [6.07, 6.45) is -0.237. The summed E-state index contributed by atoms with van der Waals surface area (Å²) in [6.45, 7) is 0.667. The van der Waals surface area contributed by atoms with Crippen molar-refractivity contribution in [1.29, 1.82) is 0 Å². The van der Waals surface area contributed by atoms with Crippen LogP contribution in [-0.2, 0) is 14.8 Å². The first-order valence-corrected chi connectivity index (χ1v) is 6.25. The predicted octanol–water partition coefficient (Wildman–Crippen LogP) is -2.04. The van der Waals surface area contributed by atoms with Crippen molar-refractivity contribution in [1.82, 2.24) is 10.0 Å². The molecule has 0 heterocycles. The minimum Gasteiger partial charge on any atom is -0.481 e. The van der Waals surface area contributed by atoms with Gasteiger partial charge in [-0.3, -0.25) is 4.79 Å². The van der Waals surface area contributed by atoms with Crippen molar-refractivity contribution < 1.29 is 23.4 Å². The van der Waals surface area contributed by atoms with Gasteiger partial charge in [0.25, 0.3) is 0 Å². The van der Waals surface area contributed by atoms with E-state index in [1.54, 1.807) is 0 Å². The number of carboxylic acid groups (broad SMARTS) is 1. The van der Waals surface area contributed by atoms with E-state index in [4.69, 9.17) is 10.2 Å². The Hall–Kier alpha value is -0.700. The van der Waals surface area contributed by atoms with Gasteiger partial charge in [-0.15, -0.1) is 0 Å². The van der Waals surface area contributed by atoms with E-state index in [9.17, 15) is 13.2 Å². The molecule has 0 aromatic heterocycles. The Labute approximate surface area is 88.5 Å². The Morgan fingerprint density at radius 2 is 2.00 bits per heavy atom. The molecule has 0 aliphatic heterocycles. The summed E-state index contributed by atoms with van der Waals surface area (Å²) in [7, 11) is -3.19. The van der Waals surface area contributed by atoms with Gasteiger partial charge in [0, 0.05) is 19.6 Å². The van der Waals surface area contributed by atoms with Crippen LogP contribution >= 0.6 is 0 Å². The lowest BCUT2D eigenvalue weighted by atomic mass is 10.2. The third-order valence-corrected chi connectivity index (χ3v) is 2.18. The first kappa shape index (κ1) is 14.3. The molecular weight excluding hydrogens is 224 g/mol. The van der Waals surface area contributed by atoms with Crippen molar-refractivity contribution in [3.8, 4) is 0 Å². The zero-order chi connectivity index (χ0) is 11.9. The third-order valence-electron chi connectivity index (χ3n) is 1.46. The second kappa shape index (κ2) is 6.72. The van der Waals surface area contributed by atoms with E-state index in [1.165, 1.54) is 0 Å². The first-order valence-electron chi connectivity index (χ1n) is 4.36. The average molecular weight is 240 g/mol. The number of carboxylic acids is 1. The average Bonchev–Trinajstić information content (AvgIpc) is 1.99. The molecule has 7 nitrogen and oxygen atoms in total. The Kier molecular flexibility index (Phi) is 6.41. The van der Waals surface area contributed by atoms with Crippen LogP contribution < -0.4 is 10.0 Å². The van der Waals surface area contributed by atoms with Crippen molar-refractivity contribution in [2.45, 2.75) is 12.5 Å². The highest BCUT2D eigenvalue weighted by Gasteiger charge is 2.08. The molecule has 0 aromatic rings. The number of rotatable bonds is 8. The summed E-state index contributed by atoms with van der Waals surface area (Å²) in [5, 5.41) is 20.1. The third kappa shape index (κ3) is 11.2. The summed E-state index contributed by atoms with van der Waals surface area (Å²) in [6, 6.07) is 0. The molecule has 90 valence electrons. The molecule has 1 atom stereocenters. The van der Waals surface area contributed by atoms with Crippen molar-refractivity contribution in [2.24, 2.45) is 0 Å². The standard InChI is InChI=1S/C7H16N2O5S/c1-15(13,14)9-3-2-8-5-6(10)4-7(11)12/h6,8-10H,2-5H2,1H3,(H,11,12). The second-order valence-corrected chi connectivity index (χ2v) is 4.96. The second-order valence-electron chi connectivity index (χ2n) is 3.12. The fraction of sp³-hybridized carbons (Fsp3) is 0.857. The lowest BCUT2D eigenvalue weighted by Crippen LogP contribution is -2.35. The van der Waals surface area contributed by atoms with Crippen LogP contribution in [0.25, 0.3) is 0 Å². The highest BCUT2D eigenvalue weighted by Crippen LogP contribution is 1.88. The van der Waals surface area contributed by atoms with E-state index in [1.807, 2.05) is 0 Å². The Morgan fingerprint density at radius 3 is 2.47 bits per heavy atom. The van der Waals surface area contributed by atoms with Gasteiger partial charge in [-0.1, -0.05) is 0 Å². The van der Waals surface area contributed by atoms with E-state index in [2.05, 4.69) is 10.0 Å². The number of aliphatic hydroxyl groups excluding tert-OH is 1. The molecule has 0 amide bonds. The molecule has 8 heteroatoms. The van der Waals surface area contributed by atoms with Crippen LogP contribution in [0.4, 0.5) is 0 Å². The fourth-order valence-corrected chi connectivity index (χ4v) is 1.34. The number of aliphatic carboxylic acids is 1. The summed E-state index contributed by atoms with van der Waals surface area (Å²) in [5.41, 5.74) is 0. The number of sulfonamides is 1. The molecule has 4 N–H and O–H groups in total. The maximum absolute atomic E-state index is 10.6. The maximum Gasteiger partial charge on any atom is 0.306 e. The smallest absolute Gasteiger partial charge is 0.306 e. The van der Waals surface area contributed by atoms with E-state index in [0.717, 1.165) is 6.26 Å². The number of aliphatic hydroxyl groups is 1. The number of hydrogen-bond acceptors (Lipinski definition) is 5. The van der Waals surface area contributed by atoms with Gasteiger partial charge < -0.3 is 15.5 Å². The van der Waals surface area contributed by atoms with Crippen molar-refractivity contribution in [3.05, 3.63) is 0 Å². The van der Waals surface area contributed by atoms with Gasteiger partial charge in [-0.2, -0.15) is 0 Å². The lowest BCUT2D eigenvalue weighted by molar-refractivity contribution is -0.139. The Bertz CT molecular complexity index is 290. The molecule has 0 aliphatic carbocycles. The monoisotopic (exact) mass is 240 g/mol. The summed E-state index contributed by atoms with van der Waals surface area (Å²) >= 11 is 0. The SMILES string of the molecule is CS(=O)(=O)NCCNCC(O)CC(=O)O. The van der Waals surface area contributed by atoms with Gasteiger partial charge >= 0.3 is 5.97 Å². The predicted molar refractivity (Wildman–Crippen MR) is 54.0 cm³/mol. The minimum atomic E-state index is -3.19. The van der Waals surface area contributed by atoms with Crippen LogP contribution in [0.2, 0.25) is 0 Å². The zero-order valence-corrected chi connectivity index (χ0v) is 9.25. The lowest BCUT2D eigenvalue weighted by Gasteiger charge is -2.09. The van der Waals surface area contributed by atoms with Crippen LogP contribution in [0.1, 0.15) is 6.42 Å². The molecule has 1 unspecified atom stereocenters. The zero-order valence-electron chi connectivity index (χ0n) is 8.43. The van der Waals surface area contributed by atoms with E-state index < -0.39 is 22.1 Å². The van der Waals surface area contributed by atoms with Crippen molar-refractivity contribution in [3.63, 3.8) is 0 Å². The molecule has 0 saturated carbocycles. The van der Waals surface area contributed by atoms with Crippen molar-refractivity contribution >= 4 is 16.0 Å².